The SMILES string of the molecule is Cn1ncc2c1CCCC2NC(=O)C1CCN(S(=O)(=O)c2cccs2)CC1. The van der Waals surface area contributed by atoms with Crippen molar-refractivity contribution in [3.05, 3.63) is 35.0 Å². The van der Waals surface area contributed by atoms with Crippen LogP contribution in [0.15, 0.2) is 27.9 Å². The van der Waals surface area contributed by atoms with Crippen LogP contribution in [0.2, 0.25) is 0 Å². The number of nitrogens with one attached hydrogen (secondary N) is 1. The van der Waals surface area contributed by atoms with Gasteiger partial charge in [-0.1, -0.05) is 6.07 Å². The number of nitrogens with zero attached hydrogens (tertiary/aromatic N) is 3. The monoisotopic (exact) mass is 408 g/mol. The van der Waals surface area contributed by atoms with E-state index in [1.54, 1.807) is 17.5 Å². The van der Waals surface area contributed by atoms with Crippen LogP contribution in [0.25, 0.3) is 0 Å². The molecule has 1 saturated heterocycles. The Labute approximate surface area is 163 Å². The first-order valence-corrected chi connectivity index (χ1v) is 11.6. The van der Waals surface area contributed by atoms with E-state index in [4.69, 9.17) is 0 Å². The predicted octanol–water partition coefficient (Wildman–Crippen LogP) is 2.08. The van der Waals surface area contributed by atoms with Gasteiger partial charge in [0.05, 0.1) is 12.2 Å². The summed E-state index contributed by atoms with van der Waals surface area (Å²) < 4.78 is 29.0. The summed E-state index contributed by atoms with van der Waals surface area (Å²) in [5.74, 6) is -0.105. The van der Waals surface area contributed by atoms with Gasteiger partial charge in [-0.05, 0) is 43.6 Å². The van der Waals surface area contributed by atoms with E-state index < -0.39 is 10.0 Å². The summed E-state index contributed by atoms with van der Waals surface area (Å²) in [6, 6.07) is 3.39. The molecule has 2 aromatic heterocycles. The number of aryl methyl sites for hydroxylation is 1. The van der Waals surface area contributed by atoms with E-state index in [1.807, 2.05) is 17.9 Å². The number of hydrogen-bond donors (Lipinski definition) is 1. The lowest BCUT2D eigenvalue weighted by Crippen LogP contribution is -2.43. The normalized spacial score (nSPS) is 21.7. The number of carbonyl (C=O) groups excluding carboxylic acids is 1. The number of piperidine rings is 1. The number of aromatic nitrogens is 2. The summed E-state index contributed by atoms with van der Waals surface area (Å²) in [6.45, 7) is 0.780. The van der Waals surface area contributed by atoms with Crippen molar-refractivity contribution >= 4 is 27.3 Å². The van der Waals surface area contributed by atoms with Gasteiger partial charge < -0.3 is 5.32 Å². The Bertz CT molecular complexity index is 913. The minimum absolute atomic E-state index is 0.0165. The molecule has 1 fully saturated rings. The van der Waals surface area contributed by atoms with E-state index in [0.717, 1.165) is 24.8 Å². The second-order valence-electron chi connectivity index (χ2n) is 7.23. The first-order valence-electron chi connectivity index (χ1n) is 9.31. The topological polar surface area (TPSA) is 84.3 Å². The average molecular weight is 409 g/mol. The van der Waals surface area contributed by atoms with Gasteiger partial charge in [0.2, 0.25) is 5.91 Å². The Morgan fingerprint density at radius 3 is 2.78 bits per heavy atom. The second kappa shape index (κ2) is 7.37. The van der Waals surface area contributed by atoms with Gasteiger partial charge in [0.15, 0.2) is 0 Å². The van der Waals surface area contributed by atoms with Crippen molar-refractivity contribution in [2.24, 2.45) is 13.0 Å². The van der Waals surface area contributed by atoms with Gasteiger partial charge in [-0.3, -0.25) is 9.48 Å². The average Bonchev–Trinajstić information content (AvgIpc) is 3.33. The molecule has 7 nitrogen and oxygen atoms in total. The van der Waals surface area contributed by atoms with Gasteiger partial charge >= 0.3 is 0 Å². The number of carbonyl (C=O) groups is 1. The smallest absolute Gasteiger partial charge is 0.252 e. The summed E-state index contributed by atoms with van der Waals surface area (Å²) >= 11 is 1.23. The molecule has 1 amide bonds. The summed E-state index contributed by atoms with van der Waals surface area (Å²) in [6.07, 6.45) is 5.93. The quantitative estimate of drug-likeness (QED) is 0.839. The van der Waals surface area contributed by atoms with E-state index in [9.17, 15) is 13.2 Å². The number of sulfonamides is 1. The number of thiophene rings is 1. The van der Waals surface area contributed by atoms with Gasteiger partial charge in [-0.2, -0.15) is 9.40 Å². The largest absolute Gasteiger partial charge is 0.349 e. The molecule has 0 spiro atoms. The van der Waals surface area contributed by atoms with Crippen LogP contribution >= 0.6 is 11.3 Å². The van der Waals surface area contributed by atoms with Crippen LogP contribution < -0.4 is 5.32 Å². The van der Waals surface area contributed by atoms with Crippen molar-refractivity contribution in [3.8, 4) is 0 Å². The molecule has 0 radical (unpaired) electrons. The zero-order valence-electron chi connectivity index (χ0n) is 15.3. The molecular weight excluding hydrogens is 384 g/mol. The van der Waals surface area contributed by atoms with Crippen molar-refractivity contribution in [1.82, 2.24) is 19.4 Å². The molecule has 1 aliphatic heterocycles. The van der Waals surface area contributed by atoms with Gasteiger partial charge in [0, 0.05) is 37.3 Å². The first kappa shape index (κ1) is 18.6. The van der Waals surface area contributed by atoms with E-state index in [0.29, 0.717) is 30.1 Å². The third-order valence-corrected chi connectivity index (χ3v) is 8.88. The highest BCUT2D eigenvalue weighted by molar-refractivity contribution is 7.91. The molecule has 1 aliphatic carbocycles. The number of rotatable bonds is 4. The third kappa shape index (κ3) is 3.55. The molecule has 4 rings (SSSR count). The van der Waals surface area contributed by atoms with E-state index in [2.05, 4.69) is 10.4 Å². The molecule has 27 heavy (non-hydrogen) atoms. The van der Waals surface area contributed by atoms with Crippen molar-refractivity contribution < 1.29 is 13.2 Å². The van der Waals surface area contributed by atoms with Crippen molar-refractivity contribution in [2.45, 2.75) is 42.4 Å². The predicted molar refractivity (Wildman–Crippen MR) is 103 cm³/mol. The zero-order valence-corrected chi connectivity index (χ0v) is 16.9. The van der Waals surface area contributed by atoms with E-state index in [1.165, 1.54) is 21.3 Å². The molecule has 0 aromatic carbocycles. The number of amides is 1. The summed E-state index contributed by atoms with van der Waals surface area (Å²) in [5, 5.41) is 9.27. The second-order valence-corrected chi connectivity index (χ2v) is 10.3. The Kier molecular flexibility index (Phi) is 5.09. The number of fused-ring (bicyclic) bond motifs is 1. The molecule has 9 heteroatoms. The Balaban J connectivity index is 1.37. The van der Waals surface area contributed by atoms with Gasteiger partial charge in [0.1, 0.15) is 4.21 Å². The molecule has 146 valence electrons. The van der Waals surface area contributed by atoms with Crippen LogP contribution in [-0.2, 0) is 28.3 Å². The lowest BCUT2D eigenvalue weighted by molar-refractivity contribution is -0.127. The first-order chi connectivity index (χ1) is 13.0. The Morgan fingerprint density at radius 2 is 2.07 bits per heavy atom. The fourth-order valence-corrected chi connectivity index (χ4v) is 6.66. The number of hydrogen-bond acceptors (Lipinski definition) is 5. The van der Waals surface area contributed by atoms with E-state index >= 15 is 0 Å². The van der Waals surface area contributed by atoms with Crippen LogP contribution in [0.3, 0.4) is 0 Å². The maximum atomic E-state index is 12.8. The Morgan fingerprint density at radius 1 is 1.30 bits per heavy atom. The highest BCUT2D eigenvalue weighted by atomic mass is 32.2. The standard InChI is InChI=1S/C18H24N4O3S2/c1-21-16-5-2-4-15(14(16)12-19-21)20-18(23)13-7-9-22(10-8-13)27(24,25)17-6-3-11-26-17/h3,6,11-13,15H,2,4-5,7-10H2,1H3,(H,20,23). The van der Waals surface area contributed by atoms with Crippen LogP contribution in [-0.4, -0.2) is 41.5 Å². The fraction of sp³-hybridized carbons (Fsp3) is 0.556. The van der Waals surface area contributed by atoms with Gasteiger partial charge in [-0.15, -0.1) is 11.3 Å². The molecule has 2 aromatic rings. The fourth-order valence-electron chi connectivity index (χ4n) is 4.04. The van der Waals surface area contributed by atoms with Gasteiger partial charge in [0.25, 0.3) is 10.0 Å². The van der Waals surface area contributed by atoms with Crippen LogP contribution in [0.4, 0.5) is 0 Å². The molecule has 3 heterocycles. The van der Waals surface area contributed by atoms with Crippen LogP contribution in [0, 0.1) is 5.92 Å². The maximum absolute atomic E-state index is 12.8. The van der Waals surface area contributed by atoms with Crippen molar-refractivity contribution in [2.75, 3.05) is 13.1 Å². The molecule has 1 N–H and O–H groups in total. The Hall–Kier alpha value is -1.71. The molecule has 1 atom stereocenters. The van der Waals surface area contributed by atoms with Crippen molar-refractivity contribution in [3.63, 3.8) is 0 Å². The van der Waals surface area contributed by atoms with Gasteiger partial charge in [-0.25, -0.2) is 8.42 Å². The molecule has 0 saturated carbocycles. The minimum Gasteiger partial charge on any atom is -0.349 e. The molecular formula is C18H24N4O3S2. The molecule has 1 unspecified atom stereocenters. The summed E-state index contributed by atoms with van der Waals surface area (Å²) in [7, 11) is -1.49. The highest BCUT2D eigenvalue weighted by Crippen LogP contribution is 2.31. The molecule has 2 aliphatic rings. The lowest BCUT2D eigenvalue weighted by Gasteiger charge is -2.32. The summed E-state index contributed by atoms with van der Waals surface area (Å²) in [4.78, 5) is 12.8. The highest BCUT2D eigenvalue weighted by Gasteiger charge is 2.34. The molecule has 0 bridgehead atoms. The zero-order chi connectivity index (χ0) is 19.0. The van der Waals surface area contributed by atoms with Crippen molar-refractivity contribution in [1.29, 1.82) is 0 Å². The van der Waals surface area contributed by atoms with Crippen LogP contribution in [0.5, 0.6) is 0 Å². The van der Waals surface area contributed by atoms with E-state index in [-0.39, 0.29) is 17.9 Å². The maximum Gasteiger partial charge on any atom is 0.252 e. The minimum atomic E-state index is -3.42. The lowest BCUT2D eigenvalue weighted by atomic mass is 9.91. The third-order valence-electron chi connectivity index (χ3n) is 5.61. The van der Waals surface area contributed by atoms with Crippen LogP contribution in [0.1, 0.15) is 43.0 Å². The summed E-state index contributed by atoms with van der Waals surface area (Å²) in [5.41, 5.74) is 2.32.